The van der Waals surface area contributed by atoms with Gasteiger partial charge in [0.2, 0.25) is 11.8 Å². The second-order valence-corrected chi connectivity index (χ2v) is 13.6. The van der Waals surface area contributed by atoms with Crippen molar-refractivity contribution in [2.45, 2.75) is 24.2 Å². The molecule has 252 valence electrons. The number of anilines is 2. The summed E-state index contributed by atoms with van der Waals surface area (Å²) in [5.41, 5.74) is 3.57. The van der Waals surface area contributed by atoms with Crippen molar-refractivity contribution in [2.75, 3.05) is 17.4 Å². The smallest absolute Gasteiger partial charge is 0.260 e. The summed E-state index contributed by atoms with van der Waals surface area (Å²) in [4.78, 5) is 59.4. The number of halogens is 2. The van der Waals surface area contributed by atoms with Crippen LogP contribution >= 0.6 is 11.6 Å². The maximum Gasteiger partial charge on any atom is 0.260 e. The molecule has 4 aromatic carbocycles. The second kappa shape index (κ2) is 11.8. The fraction of sp³-hybridized carbons (Fsp3) is 0.231. The molecule has 11 heteroatoms. The Labute approximate surface area is 291 Å². The highest BCUT2D eigenvalue weighted by molar-refractivity contribution is 6.30. The van der Waals surface area contributed by atoms with Gasteiger partial charge in [0.25, 0.3) is 11.8 Å². The van der Waals surface area contributed by atoms with Crippen LogP contribution in [0.4, 0.5) is 15.8 Å². The predicted molar refractivity (Wildman–Crippen MR) is 183 cm³/mol. The Morgan fingerprint density at radius 1 is 0.860 bits per heavy atom. The van der Waals surface area contributed by atoms with Gasteiger partial charge in [-0.05, 0) is 78.9 Å². The number of hydrazine groups is 1. The molecule has 2 N–H and O–H groups in total. The van der Waals surface area contributed by atoms with Crippen LogP contribution in [0.25, 0.3) is 0 Å². The van der Waals surface area contributed by atoms with E-state index in [1.54, 1.807) is 72.8 Å². The van der Waals surface area contributed by atoms with Crippen LogP contribution in [0.3, 0.4) is 0 Å². The van der Waals surface area contributed by atoms with E-state index in [1.165, 1.54) is 36.3 Å². The van der Waals surface area contributed by atoms with Gasteiger partial charge in [0.05, 0.1) is 41.7 Å². The molecule has 0 aromatic heterocycles. The van der Waals surface area contributed by atoms with Gasteiger partial charge >= 0.3 is 0 Å². The molecule has 6 atom stereocenters. The maximum absolute atomic E-state index is 15.2. The minimum absolute atomic E-state index is 0.0741. The van der Waals surface area contributed by atoms with Crippen molar-refractivity contribution in [1.29, 1.82) is 0 Å². The average molecular weight is 692 g/mol. The zero-order chi connectivity index (χ0) is 34.9. The van der Waals surface area contributed by atoms with Gasteiger partial charge < -0.3 is 9.84 Å². The van der Waals surface area contributed by atoms with Crippen molar-refractivity contribution in [3.8, 4) is 11.5 Å². The summed E-state index contributed by atoms with van der Waals surface area (Å²) in [5, 5.41) is 13.1. The number of carbonyl (C=O) groups is 4. The van der Waals surface area contributed by atoms with Crippen molar-refractivity contribution < 1.29 is 33.4 Å². The lowest BCUT2D eigenvalue weighted by Crippen LogP contribution is -2.53. The number of fused-ring (bicyclic) bond motifs is 4. The zero-order valence-corrected chi connectivity index (χ0v) is 27.5. The SMILES string of the molecule is COc1cccc([C@H]2C3=CC[C@@H]4C(=O)N(c5ccccc5)C(=O)[C@@H]4[C@@H]3C[C@H]3C(=O)N(Nc4ccc(F)cc4)C(=O)[C@@]23c2ccc(Cl)cc2)c1O. The third-order valence-electron chi connectivity index (χ3n) is 10.8. The highest BCUT2D eigenvalue weighted by Gasteiger charge is 2.70. The molecule has 2 saturated heterocycles. The number of nitrogens with one attached hydrogen (secondary N) is 1. The van der Waals surface area contributed by atoms with Crippen LogP contribution in [0.15, 0.2) is 109 Å². The Kier molecular flexibility index (Phi) is 7.52. The lowest BCUT2D eigenvalue weighted by Gasteiger charge is -2.50. The van der Waals surface area contributed by atoms with Gasteiger partial charge in [-0.2, -0.15) is 5.01 Å². The van der Waals surface area contributed by atoms with Crippen molar-refractivity contribution in [2.24, 2.45) is 23.7 Å². The minimum atomic E-state index is -1.63. The van der Waals surface area contributed by atoms with Crippen molar-refractivity contribution in [3.05, 3.63) is 131 Å². The highest BCUT2D eigenvalue weighted by Crippen LogP contribution is 2.65. The molecular formula is C39H31ClFN3O6. The number of amides is 4. The number of methoxy groups -OCH3 is 1. The van der Waals surface area contributed by atoms with Crippen LogP contribution in [-0.2, 0) is 24.6 Å². The van der Waals surface area contributed by atoms with E-state index >= 15 is 4.79 Å². The van der Waals surface area contributed by atoms with E-state index in [4.69, 9.17) is 16.3 Å². The van der Waals surface area contributed by atoms with Crippen molar-refractivity contribution >= 4 is 46.6 Å². The number of imide groups is 2. The first-order valence-electron chi connectivity index (χ1n) is 16.3. The number of para-hydroxylation sites is 2. The number of aromatic hydroxyl groups is 1. The summed E-state index contributed by atoms with van der Waals surface area (Å²) < 4.78 is 19.3. The van der Waals surface area contributed by atoms with E-state index < -0.39 is 52.6 Å². The standard InChI is InChI=1S/C39H31ClFN3O6/c1-50-31-9-5-8-28(34(31)45)33-26-18-19-27-32(37(48)43(35(27)46)25-6-3-2-4-7-25)29(26)20-30-36(47)44(42-24-16-14-23(41)15-17-24)38(49)39(30,33)21-10-12-22(40)13-11-21/h2-18,27,29-30,32-33,42,45H,19-20H2,1H3/t27-,29+,30-,32-,33+,39+/m0/s1. The van der Waals surface area contributed by atoms with Crippen LogP contribution in [0, 0.1) is 29.5 Å². The topological polar surface area (TPSA) is 116 Å². The van der Waals surface area contributed by atoms with Gasteiger partial charge in [-0.15, -0.1) is 0 Å². The average Bonchev–Trinajstić information content (AvgIpc) is 3.51. The highest BCUT2D eigenvalue weighted by atomic mass is 35.5. The number of carbonyl (C=O) groups excluding carboxylic acids is 4. The Hall–Kier alpha value is -5.48. The number of nitrogens with zero attached hydrogens (tertiary/aromatic N) is 2. The molecule has 0 spiro atoms. The summed E-state index contributed by atoms with van der Waals surface area (Å²) in [6, 6.07) is 25.7. The Morgan fingerprint density at radius 3 is 2.28 bits per heavy atom. The van der Waals surface area contributed by atoms with Crippen LogP contribution in [0.2, 0.25) is 5.02 Å². The normalized spacial score (nSPS) is 27.1. The minimum Gasteiger partial charge on any atom is -0.504 e. The molecular weight excluding hydrogens is 661 g/mol. The molecule has 4 aromatic rings. The molecule has 4 amide bonds. The fourth-order valence-electron chi connectivity index (χ4n) is 8.77. The molecule has 2 aliphatic carbocycles. The van der Waals surface area contributed by atoms with Crippen molar-refractivity contribution in [3.63, 3.8) is 0 Å². The maximum atomic E-state index is 15.2. The van der Waals surface area contributed by atoms with E-state index in [1.807, 2.05) is 6.08 Å². The largest absolute Gasteiger partial charge is 0.504 e. The predicted octanol–water partition coefficient (Wildman–Crippen LogP) is 6.38. The van der Waals surface area contributed by atoms with Gasteiger partial charge in [-0.1, -0.05) is 65.7 Å². The first-order valence-corrected chi connectivity index (χ1v) is 16.7. The molecule has 2 heterocycles. The van der Waals surface area contributed by atoms with Crippen LogP contribution in [-0.4, -0.2) is 40.9 Å². The first kappa shape index (κ1) is 31.8. The first-order chi connectivity index (χ1) is 24.2. The zero-order valence-electron chi connectivity index (χ0n) is 26.8. The number of ether oxygens (including phenoxy) is 1. The molecule has 9 nitrogen and oxygen atoms in total. The molecule has 0 radical (unpaired) electrons. The molecule has 8 rings (SSSR count). The van der Waals surface area contributed by atoms with E-state index in [0.29, 0.717) is 33.1 Å². The fourth-order valence-corrected chi connectivity index (χ4v) is 8.89. The molecule has 1 saturated carbocycles. The Morgan fingerprint density at radius 2 is 1.58 bits per heavy atom. The van der Waals surface area contributed by atoms with E-state index in [2.05, 4.69) is 5.43 Å². The monoisotopic (exact) mass is 691 g/mol. The van der Waals surface area contributed by atoms with Gasteiger partial charge in [-0.25, -0.2) is 4.39 Å². The van der Waals surface area contributed by atoms with Gasteiger partial charge in [0.1, 0.15) is 5.82 Å². The number of phenolic OH excluding ortho intramolecular Hbond substituents is 1. The quantitative estimate of drug-likeness (QED) is 0.178. The number of hydrogen-bond donors (Lipinski definition) is 2. The summed E-state index contributed by atoms with van der Waals surface area (Å²) in [6.07, 6.45) is 2.22. The molecule has 50 heavy (non-hydrogen) atoms. The number of rotatable bonds is 6. The van der Waals surface area contributed by atoms with Gasteiger partial charge in [0, 0.05) is 16.5 Å². The van der Waals surface area contributed by atoms with Gasteiger partial charge in [-0.3, -0.25) is 29.5 Å². The van der Waals surface area contributed by atoms with E-state index in [9.17, 15) is 23.9 Å². The van der Waals surface area contributed by atoms with E-state index in [0.717, 1.165) is 5.01 Å². The lowest BCUT2D eigenvalue weighted by atomic mass is 9.49. The number of phenols is 1. The molecule has 4 aliphatic rings. The summed E-state index contributed by atoms with van der Waals surface area (Å²) in [6.45, 7) is 0. The van der Waals surface area contributed by atoms with Crippen molar-refractivity contribution in [1.82, 2.24) is 5.01 Å². The number of benzene rings is 4. The number of allylic oxidation sites excluding steroid dienone is 2. The third-order valence-corrected chi connectivity index (χ3v) is 11.1. The molecule has 0 bridgehead atoms. The molecule has 0 unspecified atom stereocenters. The summed E-state index contributed by atoms with van der Waals surface area (Å²) >= 11 is 6.34. The van der Waals surface area contributed by atoms with Gasteiger partial charge in [0.15, 0.2) is 11.5 Å². The molecule has 2 aliphatic heterocycles. The van der Waals surface area contributed by atoms with Crippen LogP contribution in [0.1, 0.15) is 29.9 Å². The van der Waals surface area contributed by atoms with Crippen LogP contribution < -0.4 is 15.1 Å². The summed E-state index contributed by atoms with van der Waals surface area (Å²) in [5.74, 6) is -6.46. The number of hydrogen-bond acceptors (Lipinski definition) is 7. The van der Waals surface area contributed by atoms with E-state index in [-0.39, 0.29) is 36.2 Å². The summed E-state index contributed by atoms with van der Waals surface area (Å²) in [7, 11) is 1.42. The second-order valence-electron chi connectivity index (χ2n) is 13.1. The lowest BCUT2D eigenvalue weighted by molar-refractivity contribution is -0.138. The third kappa shape index (κ3) is 4.51. The van der Waals surface area contributed by atoms with Crippen LogP contribution in [0.5, 0.6) is 11.5 Å². The molecule has 3 fully saturated rings. The Balaban J connectivity index is 1.35. The Bertz CT molecular complexity index is 2090.